The van der Waals surface area contributed by atoms with E-state index in [1.165, 1.54) is 0 Å². The second-order valence-corrected chi connectivity index (χ2v) is 7.13. The maximum Gasteiger partial charge on any atom is 0.274 e. The third-order valence-corrected chi connectivity index (χ3v) is 5.31. The van der Waals surface area contributed by atoms with E-state index >= 15 is 0 Å². The maximum absolute atomic E-state index is 12.6. The normalized spacial score (nSPS) is 14.0. The lowest BCUT2D eigenvalue weighted by atomic mass is 10.1. The van der Waals surface area contributed by atoms with Gasteiger partial charge in [0.25, 0.3) is 5.91 Å². The van der Waals surface area contributed by atoms with Crippen molar-refractivity contribution in [3.63, 3.8) is 0 Å². The highest BCUT2D eigenvalue weighted by Gasteiger charge is 2.19. The number of anilines is 3. The number of hydrogen-bond acceptors (Lipinski definition) is 6. The van der Waals surface area contributed by atoms with Gasteiger partial charge in [0, 0.05) is 44.3 Å². The minimum Gasteiger partial charge on any atom is -0.367 e. The summed E-state index contributed by atoms with van der Waals surface area (Å²) in [6, 6.07) is 11.4. The summed E-state index contributed by atoms with van der Waals surface area (Å²) >= 11 is 0. The molecule has 7 heteroatoms. The molecule has 4 rings (SSSR count). The molecule has 0 unspecified atom stereocenters. The zero-order valence-corrected chi connectivity index (χ0v) is 16.7. The van der Waals surface area contributed by atoms with Crippen molar-refractivity contribution in [2.75, 3.05) is 41.3 Å². The quantitative estimate of drug-likeness (QED) is 0.740. The van der Waals surface area contributed by atoms with E-state index in [0.717, 1.165) is 54.6 Å². The summed E-state index contributed by atoms with van der Waals surface area (Å²) in [5, 5.41) is 2.95. The zero-order chi connectivity index (χ0) is 20.2. The van der Waals surface area contributed by atoms with Crippen molar-refractivity contribution in [3.8, 4) is 0 Å². The molecule has 0 spiro atoms. The smallest absolute Gasteiger partial charge is 0.274 e. The summed E-state index contributed by atoms with van der Waals surface area (Å²) in [4.78, 5) is 30.0. The summed E-state index contributed by atoms with van der Waals surface area (Å²) in [6.45, 7) is 7.43. The van der Waals surface area contributed by atoms with Gasteiger partial charge in [0.15, 0.2) is 0 Å². The minimum absolute atomic E-state index is 0.198. The summed E-state index contributed by atoms with van der Waals surface area (Å²) < 4.78 is 0. The second kappa shape index (κ2) is 8.26. The summed E-state index contributed by atoms with van der Waals surface area (Å²) in [6.07, 6.45) is 5.30. The number of pyridine rings is 1. The fraction of sp³-hybridized carbons (Fsp3) is 0.273. The number of nitrogens with zero attached hydrogens (tertiary/aromatic N) is 5. The number of carbonyl (C=O) groups excluding carboxylic acids is 1. The minimum atomic E-state index is -0.198. The molecule has 0 atom stereocenters. The number of nitrogens with one attached hydrogen (secondary N) is 1. The van der Waals surface area contributed by atoms with Gasteiger partial charge < -0.3 is 15.1 Å². The highest BCUT2D eigenvalue weighted by molar-refractivity contribution is 6.03. The van der Waals surface area contributed by atoms with Gasteiger partial charge in [-0.05, 0) is 49.2 Å². The lowest BCUT2D eigenvalue weighted by Gasteiger charge is -2.35. The maximum atomic E-state index is 12.6. The number of hydrogen-bond donors (Lipinski definition) is 1. The van der Waals surface area contributed by atoms with Crippen LogP contribution in [0.4, 0.5) is 17.3 Å². The first-order valence-electron chi connectivity index (χ1n) is 9.72. The van der Waals surface area contributed by atoms with Crippen LogP contribution in [0.1, 0.15) is 21.6 Å². The predicted molar refractivity (Wildman–Crippen MR) is 115 cm³/mol. The van der Waals surface area contributed by atoms with Gasteiger partial charge in [0.05, 0.1) is 11.9 Å². The van der Waals surface area contributed by atoms with E-state index in [1.807, 2.05) is 44.2 Å². The largest absolute Gasteiger partial charge is 0.367 e. The molecule has 2 aromatic heterocycles. The molecule has 1 aliphatic rings. The van der Waals surface area contributed by atoms with Crippen molar-refractivity contribution in [1.29, 1.82) is 0 Å². The van der Waals surface area contributed by atoms with E-state index in [-0.39, 0.29) is 5.91 Å². The first-order valence-corrected chi connectivity index (χ1v) is 9.72. The molecule has 148 valence electrons. The number of piperazine rings is 1. The van der Waals surface area contributed by atoms with Crippen LogP contribution < -0.4 is 15.1 Å². The van der Waals surface area contributed by atoms with Gasteiger partial charge >= 0.3 is 0 Å². The predicted octanol–water partition coefficient (Wildman–Crippen LogP) is 3.07. The second-order valence-electron chi connectivity index (χ2n) is 7.13. The molecule has 0 radical (unpaired) electrons. The van der Waals surface area contributed by atoms with E-state index in [9.17, 15) is 4.79 Å². The number of amides is 1. The monoisotopic (exact) mass is 388 g/mol. The molecule has 1 fully saturated rings. The molecule has 0 saturated carbocycles. The SMILES string of the molecule is Cc1cccc(NC(=O)c2ccc(N3CCN(c4ncccn4)CC3)cn2)c1C. The fourth-order valence-electron chi connectivity index (χ4n) is 3.40. The first kappa shape index (κ1) is 18.9. The van der Waals surface area contributed by atoms with Crippen LogP contribution in [0.3, 0.4) is 0 Å². The average molecular weight is 388 g/mol. The van der Waals surface area contributed by atoms with Gasteiger partial charge in [0.1, 0.15) is 5.69 Å². The number of rotatable bonds is 4. The Bertz CT molecular complexity index is 982. The molecule has 1 N–H and O–H groups in total. The van der Waals surface area contributed by atoms with Crippen molar-refractivity contribution in [2.24, 2.45) is 0 Å². The Morgan fingerprint density at radius 2 is 1.62 bits per heavy atom. The van der Waals surface area contributed by atoms with E-state index < -0.39 is 0 Å². The molecule has 29 heavy (non-hydrogen) atoms. The number of carbonyl (C=O) groups is 1. The highest BCUT2D eigenvalue weighted by Crippen LogP contribution is 2.20. The third-order valence-electron chi connectivity index (χ3n) is 5.31. The average Bonchev–Trinajstić information content (AvgIpc) is 2.78. The molecule has 7 nitrogen and oxygen atoms in total. The fourth-order valence-corrected chi connectivity index (χ4v) is 3.40. The van der Waals surface area contributed by atoms with E-state index in [4.69, 9.17) is 0 Å². The van der Waals surface area contributed by atoms with Crippen molar-refractivity contribution >= 4 is 23.2 Å². The molecule has 1 amide bonds. The van der Waals surface area contributed by atoms with E-state index in [2.05, 4.69) is 30.1 Å². The molecule has 1 aromatic carbocycles. The molecule has 0 bridgehead atoms. The summed E-state index contributed by atoms with van der Waals surface area (Å²) in [5.41, 5.74) is 4.46. The molecule has 3 aromatic rings. The van der Waals surface area contributed by atoms with Crippen LogP contribution in [0.15, 0.2) is 55.0 Å². The standard InChI is InChI=1S/C22H24N6O/c1-16-5-3-6-19(17(16)2)26-21(29)20-8-7-18(15-25-20)27-11-13-28(14-12-27)22-23-9-4-10-24-22/h3-10,15H,11-14H2,1-2H3,(H,26,29). The topological polar surface area (TPSA) is 74.2 Å². The summed E-state index contributed by atoms with van der Waals surface area (Å²) in [5.74, 6) is 0.569. The van der Waals surface area contributed by atoms with Gasteiger partial charge in [-0.15, -0.1) is 0 Å². The molecule has 1 aliphatic heterocycles. The zero-order valence-electron chi connectivity index (χ0n) is 16.7. The van der Waals surface area contributed by atoms with Crippen LogP contribution in [0.5, 0.6) is 0 Å². The lowest BCUT2D eigenvalue weighted by Crippen LogP contribution is -2.47. The highest BCUT2D eigenvalue weighted by atomic mass is 16.1. The number of aromatic nitrogens is 3. The van der Waals surface area contributed by atoms with Gasteiger partial charge in [-0.2, -0.15) is 0 Å². The first-order chi connectivity index (χ1) is 14.1. The molecule has 1 saturated heterocycles. The summed E-state index contributed by atoms with van der Waals surface area (Å²) in [7, 11) is 0. The van der Waals surface area contributed by atoms with Crippen LogP contribution >= 0.6 is 0 Å². The molecule has 3 heterocycles. The van der Waals surface area contributed by atoms with Crippen LogP contribution in [0.25, 0.3) is 0 Å². The van der Waals surface area contributed by atoms with Gasteiger partial charge in [-0.3, -0.25) is 4.79 Å². The van der Waals surface area contributed by atoms with Crippen LogP contribution in [0.2, 0.25) is 0 Å². The molecule has 0 aliphatic carbocycles. The van der Waals surface area contributed by atoms with Crippen molar-refractivity contribution in [2.45, 2.75) is 13.8 Å². The Balaban J connectivity index is 1.38. The lowest BCUT2D eigenvalue weighted by molar-refractivity contribution is 0.102. The Hall–Kier alpha value is -3.48. The van der Waals surface area contributed by atoms with Gasteiger partial charge in [0.2, 0.25) is 5.95 Å². The van der Waals surface area contributed by atoms with Crippen LogP contribution in [-0.2, 0) is 0 Å². The van der Waals surface area contributed by atoms with Crippen molar-refractivity contribution in [3.05, 3.63) is 71.8 Å². The van der Waals surface area contributed by atoms with Crippen LogP contribution in [-0.4, -0.2) is 47.0 Å². The van der Waals surface area contributed by atoms with E-state index in [0.29, 0.717) is 5.69 Å². The van der Waals surface area contributed by atoms with Crippen LogP contribution in [0, 0.1) is 13.8 Å². The van der Waals surface area contributed by atoms with Gasteiger partial charge in [-0.25, -0.2) is 15.0 Å². The number of benzene rings is 1. The van der Waals surface area contributed by atoms with Gasteiger partial charge in [-0.1, -0.05) is 12.1 Å². The Morgan fingerprint density at radius 1 is 0.897 bits per heavy atom. The third kappa shape index (κ3) is 4.18. The van der Waals surface area contributed by atoms with Crippen molar-refractivity contribution in [1.82, 2.24) is 15.0 Å². The number of aryl methyl sites for hydroxylation is 1. The molecular weight excluding hydrogens is 364 g/mol. The Labute approximate surface area is 170 Å². The van der Waals surface area contributed by atoms with E-state index in [1.54, 1.807) is 24.7 Å². The van der Waals surface area contributed by atoms with Crippen molar-refractivity contribution < 1.29 is 4.79 Å². The Kier molecular flexibility index (Phi) is 5.37. The Morgan fingerprint density at radius 3 is 2.31 bits per heavy atom. The molecular formula is C22H24N6O.